The summed E-state index contributed by atoms with van der Waals surface area (Å²) in [4.78, 5) is 33.4. The van der Waals surface area contributed by atoms with Gasteiger partial charge >= 0.3 is 6.18 Å². The van der Waals surface area contributed by atoms with E-state index in [9.17, 15) is 35.9 Å². The number of nitrogens with zero attached hydrogens (tertiary/aromatic N) is 2. The van der Waals surface area contributed by atoms with Crippen LogP contribution in [0.3, 0.4) is 0 Å². The summed E-state index contributed by atoms with van der Waals surface area (Å²) in [6.45, 7) is -0.540. The molecule has 3 atom stereocenters. The van der Waals surface area contributed by atoms with Crippen molar-refractivity contribution in [2.75, 3.05) is 6.54 Å². The molecule has 2 aliphatic rings. The molecule has 2 aliphatic carbocycles. The van der Waals surface area contributed by atoms with E-state index in [1.807, 2.05) is 0 Å². The number of benzene rings is 2. The third kappa shape index (κ3) is 6.55. The monoisotopic (exact) mass is 601 g/mol. The van der Waals surface area contributed by atoms with Crippen LogP contribution in [0, 0.1) is 29.3 Å². The molecule has 2 amide bonds. The molecule has 5 rings (SSSR count). The van der Waals surface area contributed by atoms with Crippen molar-refractivity contribution < 1.29 is 35.9 Å². The average molecular weight is 602 g/mol. The molecular formula is C30H25F6N5O2. The highest BCUT2D eigenvalue weighted by Gasteiger charge is 2.52. The van der Waals surface area contributed by atoms with E-state index < -0.39 is 53.7 Å². The van der Waals surface area contributed by atoms with Gasteiger partial charge in [-0.05, 0) is 72.6 Å². The zero-order valence-corrected chi connectivity index (χ0v) is 22.4. The predicted molar refractivity (Wildman–Crippen MR) is 145 cm³/mol. The summed E-state index contributed by atoms with van der Waals surface area (Å²) in [5, 5.41) is 2.71. The number of allylic oxidation sites excluding steroid dienone is 2. The molecule has 43 heavy (non-hydrogen) atoms. The van der Waals surface area contributed by atoms with E-state index in [2.05, 4.69) is 15.3 Å². The van der Waals surface area contributed by atoms with Gasteiger partial charge in [-0.15, -0.1) is 0 Å². The van der Waals surface area contributed by atoms with E-state index in [1.165, 1.54) is 18.3 Å². The number of amides is 2. The van der Waals surface area contributed by atoms with Gasteiger partial charge in [-0.25, -0.2) is 13.2 Å². The maximum absolute atomic E-state index is 14.2. The van der Waals surface area contributed by atoms with Gasteiger partial charge in [0.25, 0.3) is 5.91 Å². The number of aromatic nitrogens is 1. The van der Waals surface area contributed by atoms with Gasteiger partial charge in [-0.2, -0.15) is 13.2 Å². The topological polar surface area (TPSA) is 123 Å². The van der Waals surface area contributed by atoms with Crippen LogP contribution in [0.1, 0.15) is 40.5 Å². The molecule has 0 radical (unpaired) electrons. The first-order valence-corrected chi connectivity index (χ1v) is 13.2. The van der Waals surface area contributed by atoms with E-state index in [0.29, 0.717) is 23.6 Å². The maximum atomic E-state index is 14.2. The zero-order chi connectivity index (χ0) is 31.1. The van der Waals surface area contributed by atoms with Gasteiger partial charge in [-0.1, -0.05) is 12.1 Å². The fourth-order valence-corrected chi connectivity index (χ4v) is 5.47. The Bertz CT molecular complexity index is 1650. The minimum Gasteiger partial charge on any atom is -0.394 e. The van der Waals surface area contributed by atoms with Gasteiger partial charge in [0.2, 0.25) is 5.91 Å². The Morgan fingerprint density at radius 3 is 2.44 bits per heavy atom. The summed E-state index contributed by atoms with van der Waals surface area (Å²) in [5.41, 5.74) is 10.2. The highest BCUT2D eigenvalue weighted by atomic mass is 19.4. The van der Waals surface area contributed by atoms with E-state index in [4.69, 9.17) is 11.5 Å². The third-order valence-electron chi connectivity index (χ3n) is 7.48. The van der Waals surface area contributed by atoms with Crippen molar-refractivity contribution in [1.82, 2.24) is 10.3 Å². The summed E-state index contributed by atoms with van der Waals surface area (Å²) in [5.74, 6) is -4.58. The number of rotatable bonds is 8. The van der Waals surface area contributed by atoms with Crippen molar-refractivity contribution in [1.29, 1.82) is 0 Å². The predicted octanol–water partition coefficient (Wildman–Crippen LogP) is 4.92. The lowest BCUT2D eigenvalue weighted by Gasteiger charge is -2.21. The third-order valence-corrected chi connectivity index (χ3v) is 7.48. The Balaban J connectivity index is 1.48. The molecular weight excluding hydrogens is 576 g/mol. The van der Waals surface area contributed by atoms with Crippen LogP contribution in [0.4, 0.5) is 26.3 Å². The van der Waals surface area contributed by atoms with Gasteiger partial charge in [0.15, 0.2) is 0 Å². The number of nitrogens with one attached hydrogen (secondary N) is 1. The fraction of sp³-hybridized carbons (Fsp3) is 0.267. The number of carbonyl (C=O) groups excluding carboxylic acids is 2. The lowest BCUT2D eigenvalue weighted by Crippen LogP contribution is -2.33. The molecule has 2 fully saturated rings. The molecule has 7 nitrogen and oxygen atoms in total. The zero-order valence-electron chi connectivity index (χ0n) is 22.4. The van der Waals surface area contributed by atoms with Gasteiger partial charge < -0.3 is 16.8 Å². The molecule has 0 saturated heterocycles. The van der Waals surface area contributed by atoms with Crippen LogP contribution >= 0.6 is 0 Å². The van der Waals surface area contributed by atoms with Gasteiger partial charge in [0, 0.05) is 29.1 Å². The Morgan fingerprint density at radius 1 is 1.05 bits per heavy atom. The second kappa shape index (κ2) is 11.5. The summed E-state index contributed by atoms with van der Waals surface area (Å²) in [7, 11) is 0. The van der Waals surface area contributed by atoms with E-state index >= 15 is 0 Å². The first-order valence-electron chi connectivity index (χ1n) is 13.2. The van der Waals surface area contributed by atoms with Crippen molar-refractivity contribution in [2.24, 2.45) is 28.3 Å². The fourth-order valence-electron chi connectivity index (χ4n) is 5.47. The van der Waals surface area contributed by atoms with Crippen molar-refractivity contribution >= 4 is 17.5 Å². The SMILES string of the molecule is NC(=O)c1cc(-c2cccnc2C(Cc2cc(F)cc(F)c2)NC(=O)CN=C2CC3CC3C2=C(N)C(F)(F)F)ccc1F. The lowest BCUT2D eigenvalue weighted by atomic mass is 9.94. The van der Waals surface area contributed by atoms with E-state index in [0.717, 1.165) is 18.2 Å². The quantitative estimate of drug-likeness (QED) is 0.317. The molecule has 0 spiro atoms. The maximum Gasteiger partial charge on any atom is 0.431 e. The van der Waals surface area contributed by atoms with Crippen molar-refractivity contribution in [3.05, 3.63) is 100 Å². The summed E-state index contributed by atoms with van der Waals surface area (Å²) in [6, 6.07) is 8.60. The van der Waals surface area contributed by atoms with Crippen molar-refractivity contribution in [2.45, 2.75) is 31.5 Å². The van der Waals surface area contributed by atoms with Crippen LogP contribution in [0.25, 0.3) is 11.1 Å². The molecule has 13 heteroatoms. The van der Waals surface area contributed by atoms with Crippen molar-refractivity contribution in [3.8, 4) is 11.1 Å². The average Bonchev–Trinajstić information content (AvgIpc) is 3.60. The number of hydrogen-bond acceptors (Lipinski definition) is 5. The van der Waals surface area contributed by atoms with Crippen LogP contribution in [0.5, 0.6) is 0 Å². The minimum absolute atomic E-state index is 0.00501. The summed E-state index contributed by atoms with van der Waals surface area (Å²) < 4.78 is 82.2. The number of nitrogens with two attached hydrogens (primary N) is 2. The first kappa shape index (κ1) is 29.8. The molecule has 2 aromatic carbocycles. The number of fused-ring (bicyclic) bond motifs is 1. The lowest BCUT2D eigenvalue weighted by molar-refractivity contribution is -0.120. The number of pyridine rings is 1. The Kier molecular flexibility index (Phi) is 8.00. The molecule has 3 aromatic rings. The number of carbonyl (C=O) groups is 2. The molecule has 224 valence electrons. The van der Waals surface area contributed by atoms with Crippen LogP contribution in [-0.2, 0) is 11.2 Å². The van der Waals surface area contributed by atoms with Crippen molar-refractivity contribution in [3.63, 3.8) is 0 Å². The normalized spacial score (nSPS) is 20.5. The highest BCUT2D eigenvalue weighted by Crippen LogP contribution is 2.55. The molecule has 5 N–H and O–H groups in total. The molecule has 1 heterocycles. The van der Waals surface area contributed by atoms with E-state index in [1.54, 1.807) is 12.1 Å². The summed E-state index contributed by atoms with van der Waals surface area (Å²) in [6.07, 6.45) is -2.63. The van der Waals surface area contributed by atoms with Crippen LogP contribution in [0.15, 0.2) is 71.0 Å². The molecule has 0 bridgehead atoms. The Morgan fingerprint density at radius 2 is 1.77 bits per heavy atom. The second-order valence-electron chi connectivity index (χ2n) is 10.5. The van der Waals surface area contributed by atoms with E-state index in [-0.39, 0.29) is 52.8 Å². The van der Waals surface area contributed by atoms with Gasteiger partial charge in [-0.3, -0.25) is 19.6 Å². The Labute approximate surface area is 241 Å². The van der Waals surface area contributed by atoms with Crippen LogP contribution in [0.2, 0.25) is 0 Å². The summed E-state index contributed by atoms with van der Waals surface area (Å²) >= 11 is 0. The number of hydrogen-bond donors (Lipinski definition) is 3. The smallest absolute Gasteiger partial charge is 0.394 e. The second-order valence-corrected chi connectivity index (χ2v) is 10.5. The standard InChI is InChI=1S/C30H25F6N5O2/c31-17-6-14(7-18(32)12-17)8-24(27-19(2-1-5-39-27)15-3-4-22(33)21(9-15)29(38)43)41-25(42)13-40-23-11-16-10-20(16)26(23)28(37)30(34,35)36/h1-7,9,12,16,20,24H,8,10-11,13,37H2,(H2,38,43)(H,41,42). The highest BCUT2D eigenvalue weighted by molar-refractivity contribution is 6.05. The number of halogens is 6. The molecule has 2 saturated carbocycles. The largest absolute Gasteiger partial charge is 0.431 e. The number of aliphatic imine (C=N–C) groups is 1. The molecule has 1 aromatic heterocycles. The minimum atomic E-state index is -4.73. The molecule has 3 unspecified atom stereocenters. The number of primary amides is 1. The molecule has 0 aliphatic heterocycles. The number of alkyl halides is 3. The van der Waals surface area contributed by atoms with Gasteiger partial charge in [0.1, 0.15) is 29.7 Å². The first-order chi connectivity index (χ1) is 20.3. The van der Waals surface area contributed by atoms with Gasteiger partial charge in [0.05, 0.1) is 17.3 Å². The Hall–Kier alpha value is -4.68. The van der Waals surface area contributed by atoms with Crippen LogP contribution < -0.4 is 16.8 Å². The van der Waals surface area contributed by atoms with Crippen LogP contribution in [-0.4, -0.2) is 35.2 Å².